The number of hydrogen-bond acceptors (Lipinski definition) is 3. The van der Waals surface area contributed by atoms with E-state index in [-0.39, 0.29) is 0 Å². The summed E-state index contributed by atoms with van der Waals surface area (Å²) in [6.45, 7) is 3.74. The second-order valence-corrected chi connectivity index (χ2v) is 4.97. The number of halogens is 1. The quantitative estimate of drug-likeness (QED) is 0.945. The van der Waals surface area contributed by atoms with E-state index in [0.717, 1.165) is 27.3 Å². The monoisotopic (exact) mass is 295 g/mol. The summed E-state index contributed by atoms with van der Waals surface area (Å²) >= 11 is 3.33. The zero-order chi connectivity index (χ0) is 12.4. The molecule has 0 aliphatic rings. The van der Waals surface area contributed by atoms with Gasteiger partial charge in [-0.1, -0.05) is 0 Å². The standard InChI is InChI=1S/C13H14BrNO2/c1-8-5-12(9(2)17-8)13(16)6-11-4-3-10(14)7-15-11/h3-5,7,13,16H,6H2,1-2H3. The molecule has 0 saturated carbocycles. The Morgan fingerprint density at radius 2 is 2.18 bits per heavy atom. The molecule has 0 amide bonds. The van der Waals surface area contributed by atoms with Crippen molar-refractivity contribution in [3.63, 3.8) is 0 Å². The fourth-order valence-electron chi connectivity index (χ4n) is 1.82. The molecule has 90 valence electrons. The maximum absolute atomic E-state index is 10.1. The second kappa shape index (κ2) is 5.02. The molecular weight excluding hydrogens is 282 g/mol. The van der Waals surface area contributed by atoms with Gasteiger partial charge in [0, 0.05) is 28.3 Å². The van der Waals surface area contributed by atoms with Crippen molar-refractivity contribution >= 4 is 15.9 Å². The fourth-order valence-corrected chi connectivity index (χ4v) is 2.05. The first-order valence-corrected chi connectivity index (χ1v) is 6.21. The highest BCUT2D eigenvalue weighted by Crippen LogP contribution is 2.24. The molecule has 2 heterocycles. The van der Waals surface area contributed by atoms with E-state index in [0.29, 0.717) is 6.42 Å². The number of hydrogen-bond donors (Lipinski definition) is 1. The largest absolute Gasteiger partial charge is 0.466 e. The third kappa shape index (κ3) is 2.96. The molecule has 1 unspecified atom stereocenters. The molecule has 0 spiro atoms. The molecule has 1 N–H and O–H groups in total. The number of furan rings is 1. The molecule has 0 radical (unpaired) electrons. The Morgan fingerprint density at radius 3 is 2.71 bits per heavy atom. The van der Waals surface area contributed by atoms with Crippen molar-refractivity contribution in [2.45, 2.75) is 26.4 Å². The van der Waals surface area contributed by atoms with Crippen LogP contribution >= 0.6 is 15.9 Å². The molecule has 0 aromatic carbocycles. The van der Waals surface area contributed by atoms with Crippen LogP contribution in [-0.2, 0) is 6.42 Å². The van der Waals surface area contributed by atoms with Crippen LogP contribution in [0.25, 0.3) is 0 Å². The first-order chi connectivity index (χ1) is 8.06. The first-order valence-electron chi connectivity index (χ1n) is 5.41. The Hall–Kier alpha value is -1.13. The zero-order valence-electron chi connectivity index (χ0n) is 9.77. The van der Waals surface area contributed by atoms with E-state index in [1.165, 1.54) is 0 Å². The van der Waals surface area contributed by atoms with Crippen molar-refractivity contribution in [1.29, 1.82) is 0 Å². The maximum atomic E-state index is 10.1. The van der Waals surface area contributed by atoms with E-state index in [1.54, 1.807) is 6.20 Å². The van der Waals surface area contributed by atoms with E-state index < -0.39 is 6.10 Å². The van der Waals surface area contributed by atoms with Crippen molar-refractivity contribution in [2.24, 2.45) is 0 Å². The second-order valence-electron chi connectivity index (χ2n) is 4.06. The Kier molecular flexibility index (Phi) is 3.64. The van der Waals surface area contributed by atoms with Crippen LogP contribution in [0.2, 0.25) is 0 Å². The minimum atomic E-state index is -0.568. The lowest BCUT2D eigenvalue weighted by Gasteiger charge is -2.08. The van der Waals surface area contributed by atoms with Gasteiger partial charge in [-0.3, -0.25) is 4.98 Å². The minimum absolute atomic E-state index is 0.493. The minimum Gasteiger partial charge on any atom is -0.466 e. The maximum Gasteiger partial charge on any atom is 0.106 e. The smallest absolute Gasteiger partial charge is 0.106 e. The lowest BCUT2D eigenvalue weighted by molar-refractivity contribution is 0.175. The summed E-state index contributed by atoms with van der Waals surface area (Å²) in [5.41, 5.74) is 1.70. The lowest BCUT2D eigenvalue weighted by atomic mass is 10.1. The number of rotatable bonds is 3. The van der Waals surface area contributed by atoms with Crippen molar-refractivity contribution in [3.05, 3.63) is 51.6 Å². The predicted octanol–water partition coefficient (Wildman–Crippen LogP) is 3.33. The van der Waals surface area contributed by atoms with Crippen molar-refractivity contribution < 1.29 is 9.52 Å². The van der Waals surface area contributed by atoms with E-state index in [2.05, 4.69) is 20.9 Å². The highest BCUT2D eigenvalue weighted by atomic mass is 79.9. The predicted molar refractivity (Wildman–Crippen MR) is 68.8 cm³/mol. The molecule has 0 saturated heterocycles. The Morgan fingerprint density at radius 1 is 1.41 bits per heavy atom. The van der Waals surface area contributed by atoms with Crippen LogP contribution < -0.4 is 0 Å². The molecule has 2 aromatic rings. The van der Waals surface area contributed by atoms with Gasteiger partial charge in [-0.15, -0.1) is 0 Å². The highest BCUT2D eigenvalue weighted by Gasteiger charge is 2.15. The van der Waals surface area contributed by atoms with Crippen LogP contribution in [0, 0.1) is 13.8 Å². The van der Waals surface area contributed by atoms with Crippen LogP contribution in [0.1, 0.15) is 28.9 Å². The zero-order valence-corrected chi connectivity index (χ0v) is 11.4. The van der Waals surface area contributed by atoms with Gasteiger partial charge in [0.25, 0.3) is 0 Å². The lowest BCUT2D eigenvalue weighted by Crippen LogP contribution is -2.03. The van der Waals surface area contributed by atoms with Gasteiger partial charge in [0.2, 0.25) is 0 Å². The van der Waals surface area contributed by atoms with Gasteiger partial charge in [-0.25, -0.2) is 0 Å². The molecule has 0 bridgehead atoms. The molecule has 17 heavy (non-hydrogen) atoms. The van der Waals surface area contributed by atoms with Gasteiger partial charge >= 0.3 is 0 Å². The van der Waals surface area contributed by atoms with Gasteiger partial charge in [-0.2, -0.15) is 0 Å². The number of aliphatic hydroxyl groups is 1. The normalized spacial score (nSPS) is 12.7. The molecular formula is C13H14BrNO2. The Bertz CT molecular complexity index is 505. The summed E-state index contributed by atoms with van der Waals surface area (Å²) in [7, 11) is 0. The van der Waals surface area contributed by atoms with E-state index in [9.17, 15) is 5.11 Å². The molecule has 0 fully saturated rings. The first kappa shape index (κ1) is 12.3. The van der Waals surface area contributed by atoms with Gasteiger partial charge in [0.1, 0.15) is 11.5 Å². The summed E-state index contributed by atoms with van der Waals surface area (Å²) in [5.74, 6) is 1.59. The van der Waals surface area contributed by atoms with Crippen molar-refractivity contribution in [2.75, 3.05) is 0 Å². The molecule has 1 atom stereocenters. The molecule has 0 aliphatic heterocycles. The third-order valence-electron chi connectivity index (χ3n) is 2.63. The number of aromatic nitrogens is 1. The number of aryl methyl sites for hydroxylation is 2. The fraction of sp³-hybridized carbons (Fsp3) is 0.308. The molecule has 0 aliphatic carbocycles. The number of aliphatic hydroxyl groups excluding tert-OH is 1. The SMILES string of the molecule is Cc1cc(C(O)Cc2ccc(Br)cn2)c(C)o1. The molecule has 2 rings (SSSR count). The van der Waals surface area contributed by atoms with Crippen LogP contribution in [-0.4, -0.2) is 10.1 Å². The van der Waals surface area contributed by atoms with Crippen LogP contribution in [0.5, 0.6) is 0 Å². The van der Waals surface area contributed by atoms with Crippen molar-refractivity contribution in [3.8, 4) is 0 Å². The summed E-state index contributed by atoms with van der Waals surface area (Å²) in [4.78, 5) is 4.24. The van der Waals surface area contributed by atoms with Crippen LogP contribution in [0.15, 0.2) is 33.3 Å². The van der Waals surface area contributed by atoms with Gasteiger partial charge in [0.15, 0.2) is 0 Å². The van der Waals surface area contributed by atoms with Crippen molar-refractivity contribution in [1.82, 2.24) is 4.98 Å². The van der Waals surface area contributed by atoms with Crippen LogP contribution in [0.4, 0.5) is 0 Å². The summed E-state index contributed by atoms with van der Waals surface area (Å²) in [6, 6.07) is 5.69. The highest BCUT2D eigenvalue weighted by molar-refractivity contribution is 9.10. The van der Waals surface area contributed by atoms with E-state index in [1.807, 2.05) is 32.0 Å². The average Bonchev–Trinajstić information content (AvgIpc) is 2.61. The van der Waals surface area contributed by atoms with Gasteiger partial charge < -0.3 is 9.52 Å². The van der Waals surface area contributed by atoms with Crippen LogP contribution in [0.3, 0.4) is 0 Å². The van der Waals surface area contributed by atoms with Gasteiger partial charge in [-0.05, 0) is 48.0 Å². The Balaban J connectivity index is 2.14. The molecule has 3 nitrogen and oxygen atoms in total. The van der Waals surface area contributed by atoms with E-state index >= 15 is 0 Å². The molecule has 2 aromatic heterocycles. The van der Waals surface area contributed by atoms with Gasteiger partial charge in [0.05, 0.1) is 6.10 Å². The van der Waals surface area contributed by atoms with E-state index in [4.69, 9.17) is 4.42 Å². The topological polar surface area (TPSA) is 46.3 Å². The average molecular weight is 296 g/mol. The summed E-state index contributed by atoms with van der Waals surface area (Å²) in [5, 5.41) is 10.1. The molecule has 4 heteroatoms. The Labute approximate surface area is 109 Å². The number of nitrogens with zero attached hydrogens (tertiary/aromatic N) is 1. The summed E-state index contributed by atoms with van der Waals surface area (Å²) in [6.07, 6.45) is 1.66. The number of pyridine rings is 1. The summed E-state index contributed by atoms with van der Waals surface area (Å²) < 4.78 is 6.34. The third-order valence-corrected chi connectivity index (χ3v) is 3.10.